The maximum Gasteiger partial charge on any atom is 0.238 e. The molecule has 0 aliphatic heterocycles. The molecule has 0 bridgehead atoms. The number of rotatable bonds is 6. The van der Waals surface area contributed by atoms with E-state index in [-0.39, 0.29) is 13.2 Å². The highest BCUT2D eigenvalue weighted by molar-refractivity contribution is 7.92. The first kappa shape index (κ1) is 15.3. The molecule has 0 saturated heterocycles. The average molecular weight is 286 g/mol. The van der Waals surface area contributed by atoms with Crippen molar-refractivity contribution >= 4 is 21.4 Å². The normalized spacial score (nSPS) is 12.7. The van der Waals surface area contributed by atoms with Gasteiger partial charge in [-0.25, -0.2) is 8.42 Å². The van der Waals surface area contributed by atoms with Crippen molar-refractivity contribution in [2.45, 2.75) is 12.2 Å². The molecule has 0 fully saturated rings. The molecule has 1 amide bonds. The zero-order valence-electron chi connectivity index (χ0n) is 10.9. The van der Waals surface area contributed by atoms with Crippen molar-refractivity contribution in [3.63, 3.8) is 0 Å². The lowest BCUT2D eigenvalue weighted by Crippen LogP contribution is -2.39. The Morgan fingerprint density at radius 2 is 2.05 bits per heavy atom. The molecule has 1 aromatic rings. The molecule has 0 saturated carbocycles. The Balaban J connectivity index is 2.36. The predicted octanol–water partition coefficient (Wildman–Crippen LogP) is 0.197. The van der Waals surface area contributed by atoms with E-state index in [4.69, 9.17) is 10.5 Å². The number of amides is 1. The van der Waals surface area contributed by atoms with Gasteiger partial charge in [0.15, 0.2) is 9.84 Å². The third-order valence-corrected chi connectivity index (χ3v) is 4.09. The summed E-state index contributed by atoms with van der Waals surface area (Å²) < 4.78 is 27.7. The Kier molecular flexibility index (Phi) is 5.17. The number of nitrogen functional groups attached to an aromatic ring is 1. The summed E-state index contributed by atoms with van der Waals surface area (Å²) in [5.74, 6) is 0.0000409. The number of benzene rings is 1. The molecule has 1 rings (SSSR count). The van der Waals surface area contributed by atoms with E-state index in [2.05, 4.69) is 5.32 Å². The number of carbonyl (C=O) groups is 1. The van der Waals surface area contributed by atoms with Crippen LogP contribution in [0.25, 0.3) is 0 Å². The lowest BCUT2D eigenvalue weighted by Gasteiger charge is -2.12. The van der Waals surface area contributed by atoms with E-state index in [9.17, 15) is 13.2 Å². The quantitative estimate of drug-likeness (QED) is 0.575. The number of sulfone groups is 1. The van der Waals surface area contributed by atoms with Crippen molar-refractivity contribution in [2.24, 2.45) is 0 Å². The Morgan fingerprint density at radius 3 is 2.63 bits per heavy atom. The van der Waals surface area contributed by atoms with Crippen molar-refractivity contribution in [3.8, 4) is 5.75 Å². The number of hydrogen-bond acceptors (Lipinski definition) is 5. The largest absolute Gasteiger partial charge is 0.490 e. The van der Waals surface area contributed by atoms with E-state index in [1.165, 1.54) is 6.92 Å². The lowest BCUT2D eigenvalue weighted by molar-refractivity contribution is -0.120. The lowest BCUT2D eigenvalue weighted by atomic mass is 10.3. The summed E-state index contributed by atoms with van der Waals surface area (Å²) in [6.45, 7) is 1.78. The van der Waals surface area contributed by atoms with Crippen LogP contribution in [0.5, 0.6) is 5.75 Å². The number of hydrogen-bond donors (Lipinski definition) is 2. The van der Waals surface area contributed by atoms with Crippen molar-refractivity contribution < 1.29 is 17.9 Å². The molecule has 106 valence electrons. The molecule has 1 aromatic carbocycles. The highest BCUT2D eigenvalue weighted by Gasteiger charge is 2.22. The molecule has 0 heterocycles. The summed E-state index contributed by atoms with van der Waals surface area (Å²) >= 11 is 0. The van der Waals surface area contributed by atoms with Crippen LogP contribution in [0, 0.1) is 0 Å². The average Bonchev–Trinajstić information content (AvgIpc) is 2.34. The molecule has 6 nitrogen and oxygen atoms in total. The molecule has 3 N–H and O–H groups in total. The Labute approximate surface area is 112 Å². The van der Waals surface area contributed by atoms with E-state index in [0.29, 0.717) is 11.4 Å². The van der Waals surface area contributed by atoms with Gasteiger partial charge in [0.25, 0.3) is 0 Å². The molecule has 7 heteroatoms. The smallest absolute Gasteiger partial charge is 0.238 e. The van der Waals surface area contributed by atoms with Crippen molar-refractivity contribution in [1.82, 2.24) is 5.32 Å². The predicted molar refractivity (Wildman–Crippen MR) is 73.7 cm³/mol. The molecule has 0 aromatic heterocycles. The van der Waals surface area contributed by atoms with Gasteiger partial charge in [-0.3, -0.25) is 4.79 Å². The number of carbonyl (C=O) groups excluding carboxylic acids is 1. The number of nitrogens with two attached hydrogens (primary N) is 1. The topological polar surface area (TPSA) is 98.5 Å². The highest BCUT2D eigenvalue weighted by Crippen LogP contribution is 2.19. The van der Waals surface area contributed by atoms with Gasteiger partial charge in [0.05, 0.1) is 12.2 Å². The maximum atomic E-state index is 11.5. The SMILES string of the molecule is CC(C(=O)NCCOc1ccccc1N)S(C)(=O)=O. The first-order valence-corrected chi connectivity index (χ1v) is 7.71. The summed E-state index contributed by atoms with van der Waals surface area (Å²) in [6, 6.07) is 7.00. The van der Waals surface area contributed by atoms with Gasteiger partial charge in [-0.05, 0) is 19.1 Å². The summed E-state index contributed by atoms with van der Waals surface area (Å²) in [5.41, 5.74) is 6.19. The minimum absolute atomic E-state index is 0.215. The van der Waals surface area contributed by atoms with E-state index in [1.807, 2.05) is 0 Å². The second-order valence-electron chi connectivity index (χ2n) is 4.15. The number of para-hydroxylation sites is 2. The van der Waals surface area contributed by atoms with Gasteiger partial charge in [-0.15, -0.1) is 0 Å². The van der Waals surface area contributed by atoms with Crippen molar-refractivity contribution in [2.75, 3.05) is 25.1 Å². The summed E-state index contributed by atoms with van der Waals surface area (Å²) in [6.07, 6.45) is 1.03. The summed E-state index contributed by atoms with van der Waals surface area (Å²) in [5, 5.41) is 1.43. The van der Waals surface area contributed by atoms with Crippen molar-refractivity contribution in [3.05, 3.63) is 24.3 Å². The van der Waals surface area contributed by atoms with Gasteiger partial charge in [0.1, 0.15) is 17.6 Å². The first-order chi connectivity index (χ1) is 8.82. The second-order valence-corrected chi connectivity index (χ2v) is 6.52. The van der Waals surface area contributed by atoms with Crippen LogP contribution in [0.1, 0.15) is 6.92 Å². The van der Waals surface area contributed by atoms with Crippen LogP contribution in [0.2, 0.25) is 0 Å². The van der Waals surface area contributed by atoms with Crippen LogP contribution in [0.3, 0.4) is 0 Å². The van der Waals surface area contributed by atoms with Crippen LogP contribution in [0.15, 0.2) is 24.3 Å². The molecule has 0 aliphatic carbocycles. The van der Waals surface area contributed by atoms with Gasteiger partial charge in [0, 0.05) is 6.26 Å². The van der Waals surface area contributed by atoms with Crippen LogP contribution >= 0.6 is 0 Å². The van der Waals surface area contributed by atoms with Crippen LogP contribution in [-0.4, -0.2) is 39.0 Å². The van der Waals surface area contributed by atoms with Crippen LogP contribution < -0.4 is 15.8 Å². The van der Waals surface area contributed by atoms with Crippen LogP contribution in [-0.2, 0) is 14.6 Å². The van der Waals surface area contributed by atoms with E-state index in [1.54, 1.807) is 24.3 Å². The molecule has 0 aliphatic rings. The van der Waals surface area contributed by atoms with Gasteiger partial charge in [0.2, 0.25) is 5.91 Å². The van der Waals surface area contributed by atoms with Gasteiger partial charge in [-0.1, -0.05) is 12.1 Å². The fourth-order valence-corrected chi connectivity index (χ4v) is 1.76. The molecular formula is C12H18N2O4S. The summed E-state index contributed by atoms with van der Waals surface area (Å²) in [7, 11) is -3.37. The zero-order chi connectivity index (χ0) is 14.5. The minimum Gasteiger partial charge on any atom is -0.490 e. The van der Waals surface area contributed by atoms with Crippen molar-refractivity contribution in [1.29, 1.82) is 0 Å². The van der Waals surface area contributed by atoms with E-state index >= 15 is 0 Å². The third kappa shape index (κ3) is 4.78. The summed E-state index contributed by atoms with van der Waals surface area (Å²) in [4.78, 5) is 11.5. The van der Waals surface area contributed by atoms with Gasteiger partial charge >= 0.3 is 0 Å². The maximum absolute atomic E-state index is 11.5. The third-order valence-electron chi connectivity index (χ3n) is 2.59. The highest BCUT2D eigenvalue weighted by atomic mass is 32.2. The van der Waals surface area contributed by atoms with Crippen LogP contribution in [0.4, 0.5) is 5.69 Å². The fourth-order valence-electron chi connectivity index (χ4n) is 1.29. The number of anilines is 1. The Hall–Kier alpha value is -1.76. The standard InChI is InChI=1S/C12H18N2O4S/c1-9(19(2,16)17)12(15)14-7-8-18-11-6-4-3-5-10(11)13/h3-6,9H,7-8,13H2,1-2H3,(H,14,15). The Morgan fingerprint density at radius 1 is 1.42 bits per heavy atom. The zero-order valence-corrected chi connectivity index (χ0v) is 11.7. The van der Waals surface area contributed by atoms with Gasteiger partial charge in [-0.2, -0.15) is 0 Å². The molecular weight excluding hydrogens is 268 g/mol. The van der Waals surface area contributed by atoms with Gasteiger partial charge < -0.3 is 15.8 Å². The number of ether oxygens (including phenoxy) is 1. The minimum atomic E-state index is -3.37. The van der Waals surface area contributed by atoms with E-state index < -0.39 is 21.0 Å². The monoisotopic (exact) mass is 286 g/mol. The van der Waals surface area contributed by atoms with E-state index in [0.717, 1.165) is 6.26 Å². The molecule has 0 radical (unpaired) electrons. The Bertz CT molecular complexity index is 542. The fraction of sp³-hybridized carbons (Fsp3) is 0.417. The molecule has 1 atom stereocenters. The second kappa shape index (κ2) is 6.42. The molecule has 1 unspecified atom stereocenters. The molecule has 19 heavy (non-hydrogen) atoms. The number of nitrogens with one attached hydrogen (secondary N) is 1. The molecule has 0 spiro atoms. The first-order valence-electron chi connectivity index (χ1n) is 5.76.